The predicted octanol–water partition coefficient (Wildman–Crippen LogP) is 3.03. The topological polar surface area (TPSA) is 46.9 Å². The van der Waals surface area contributed by atoms with Crippen LogP contribution >= 0.6 is 23.2 Å². The van der Waals surface area contributed by atoms with Gasteiger partial charge in [-0.1, -0.05) is 23.2 Å². The maximum Gasteiger partial charge on any atom is 0.271 e. The smallest absolute Gasteiger partial charge is 0.271 e. The largest absolute Gasteiger partial charge is 0.354 e. The standard InChI is InChI=1S/C14H13Cl2N3O/c1-17-14(20)13-9-3-2-4-11(9)19(18-13)12-6-5-8(15)7-10(12)16/h5-7H,2-4H2,1H3,(H,17,20). The Morgan fingerprint density at radius 3 is 2.85 bits per heavy atom. The van der Waals surface area contributed by atoms with Crippen molar-refractivity contribution in [3.63, 3.8) is 0 Å². The fourth-order valence-corrected chi connectivity index (χ4v) is 3.08. The summed E-state index contributed by atoms with van der Waals surface area (Å²) in [5.74, 6) is -0.160. The molecule has 1 aromatic carbocycles. The molecule has 20 heavy (non-hydrogen) atoms. The van der Waals surface area contributed by atoms with Crippen molar-refractivity contribution in [1.29, 1.82) is 0 Å². The first-order valence-electron chi connectivity index (χ1n) is 6.40. The summed E-state index contributed by atoms with van der Waals surface area (Å²) in [4.78, 5) is 11.9. The summed E-state index contributed by atoms with van der Waals surface area (Å²) < 4.78 is 1.77. The van der Waals surface area contributed by atoms with Gasteiger partial charge in [0.05, 0.1) is 10.7 Å². The number of carbonyl (C=O) groups is 1. The van der Waals surface area contributed by atoms with Gasteiger partial charge in [0.15, 0.2) is 5.69 Å². The summed E-state index contributed by atoms with van der Waals surface area (Å²) in [7, 11) is 1.61. The Bertz CT molecular complexity index is 694. The minimum absolute atomic E-state index is 0.160. The van der Waals surface area contributed by atoms with E-state index in [0.717, 1.165) is 36.2 Å². The van der Waals surface area contributed by atoms with E-state index in [1.807, 2.05) is 6.07 Å². The van der Waals surface area contributed by atoms with Crippen LogP contribution in [0.1, 0.15) is 28.2 Å². The van der Waals surface area contributed by atoms with Crippen LogP contribution in [0.2, 0.25) is 10.0 Å². The number of hydrogen-bond acceptors (Lipinski definition) is 2. The van der Waals surface area contributed by atoms with Crippen LogP contribution in [0.25, 0.3) is 5.69 Å². The van der Waals surface area contributed by atoms with E-state index in [2.05, 4.69) is 10.4 Å². The van der Waals surface area contributed by atoms with Gasteiger partial charge >= 0.3 is 0 Å². The van der Waals surface area contributed by atoms with E-state index in [4.69, 9.17) is 23.2 Å². The summed E-state index contributed by atoms with van der Waals surface area (Å²) >= 11 is 12.2. The second-order valence-corrected chi connectivity index (χ2v) is 5.56. The van der Waals surface area contributed by atoms with Crippen LogP contribution in [0, 0.1) is 0 Å². The van der Waals surface area contributed by atoms with Crippen molar-refractivity contribution < 1.29 is 4.79 Å². The quantitative estimate of drug-likeness (QED) is 0.927. The molecule has 1 aliphatic rings. The molecule has 0 radical (unpaired) electrons. The number of halogens is 2. The zero-order valence-corrected chi connectivity index (χ0v) is 12.4. The maximum atomic E-state index is 11.9. The van der Waals surface area contributed by atoms with Gasteiger partial charge in [-0.2, -0.15) is 5.10 Å². The fourth-order valence-electron chi connectivity index (χ4n) is 2.59. The van der Waals surface area contributed by atoms with Crippen LogP contribution in [0.4, 0.5) is 0 Å². The minimum Gasteiger partial charge on any atom is -0.354 e. The molecule has 1 aliphatic carbocycles. The monoisotopic (exact) mass is 309 g/mol. The number of benzene rings is 1. The average molecular weight is 310 g/mol. The molecular weight excluding hydrogens is 297 g/mol. The van der Waals surface area contributed by atoms with Gasteiger partial charge in [-0.3, -0.25) is 4.79 Å². The average Bonchev–Trinajstić information content (AvgIpc) is 3.00. The van der Waals surface area contributed by atoms with Gasteiger partial charge in [-0.05, 0) is 37.5 Å². The van der Waals surface area contributed by atoms with Crippen LogP contribution in [-0.4, -0.2) is 22.7 Å². The van der Waals surface area contributed by atoms with Crippen molar-refractivity contribution in [3.8, 4) is 5.69 Å². The van der Waals surface area contributed by atoms with Crippen molar-refractivity contribution >= 4 is 29.1 Å². The zero-order chi connectivity index (χ0) is 14.3. The molecule has 0 unspecified atom stereocenters. The normalized spacial score (nSPS) is 13.3. The summed E-state index contributed by atoms with van der Waals surface area (Å²) in [5.41, 5.74) is 3.33. The molecule has 6 heteroatoms. The third-order valence-electron chi connectivity index (χ3n) is 3.51. The third-order valence-corrected chi connectivity index (χ3v) is 4.05. The minimum atomic E-state index is -0.160. The van der Waals surface area contributed by atoms with Crippen LogP contribution < -0.4 is 5.32 Å². The van der Waals surface area contributed by atoms with Crippen molar-refractivity contribution in [3.05, 3.63) is 45.2 Å². The summed E-state index contributed by atoms with van der Waals surface area (Å²) in [5, 5.41) is 8.17. The van der Waals surface area contributed by atoms with E-state index in [9.17, 15) is 4.79 Å². The van der Waals surface area contributed by atoms with Crippen LogP contribution in [-0.2, 0) is 12.8 Å². The molecule has 1 N–H and O–H groups in total. The Labute approximate surface area is 126 Å². The van der Waals surface area contributed by atoms with Gasteiger partial charge < -0.3 is 5.32 Å². The van der Waals surface area contributed by atoms with Gasteiger partial charge in [0.2, 0.25) is 0 Å². The molecule has 4 nitrogen and oxygen atoms in total. The Morgan fingerprint density at radius 2 is 2.15 bits per heavy atom. The Kier molecular flexibility index (Phi) is 3.44. The predicted molar refractivity (Wildman–Crippen MR) is 79.0 cm³/mol. The Morgan fingerprint density at radius 1 is 1.35 bits per heavy atom. The SMILES string of the molecule is CNC(=O)c1nn(-c2ccc(Cl)cc2Cl)c2c1CCC2. The van der Waals surface area contributed by atoms with E-state index in [1.165, 1.54) is 0 Å². The molecule has 0 saturated heterocycles. The molecule has 0 spiro atoms. The van der Waals surface area contributed by atoms with Gasteiger partial charge in [0.25, 0.3) is 5.91 Å². The van der Waals surface area contributed by atoms with E-state index in [-0.39, 0.29) is 5.91 Å². The third kappa shape index (κ3) is 2.09. The van der Waals surface area contributed by atoms with Gasteiger partial charge in [-0.25, -0.2) is 4.68 Å². The molecule has 0 fully saturated rings. The molecule has 0 saturated carbocycles. The zero-order valence-electron chi connectivity index (χ0n) is 10.9. The number of amides is 1. The second kappa shape index (κ2) is 5.11. The second-order valence-electron chi connectivity index (χ2n) is 4.71. The molecule has 0 aliphatic heterocycles. The molecular formula is C14H13Cl2N3O. The van der Waals surface area contributed by atoms with Crippen LogP contribution in [0.3, 0.4) is 0 Å². The van der Waals surface area contributed by atoms with E-state index < -0.39 is 0 Å². The van der Waals surface area contributed by atoms with Crippen molar-refractivity contribution in [2.45, 2.75) is 19.3 Å². The first-order valence-corrected chi connectivity index (χ1v) is 7.15. The lowest BCUT2D eigenvalue weighted by Crippen LogP contribution is -2.20. The highest BCUT2D eigenvalue weighted by Gasteiger charge is 2.27. The summed E-state index contributed by atoms with van der Waals surface area (Å²) in [6, 6.07) is 5.27. The first-order chi connectivity index (χ1) is 9.61. The van der Waals surface area contributed by atoms with Crippen molar-refractivity contribution in [1.82, 2.24) is 15.1 Å². The molecule has 104 valence electrons. The Hall–Kier alpha value is -1.52. The lowest BCUT2D eigenvalue weighted by Gasteiger charge is -2.08. The van der Waals surface area contributed by atoms with Crippen LogP contribution in [0.15, 0.2) is 18.2 Å². The molecule has 1 heterocycles. The van der Waals surface area contributed by atoms with Gasteiger partial charge in [-0.15, -0.1) is 0 Å². The van der Waals surface area contributed by atoms with E-state index in [1.54, 1.807) is 23.9 Å². The lowest BCUT2D eigenvalue weighted by atomic mass is 10.2. The molecule has 3 rings (SSSR count). The Balaban J connectivity index is 2.17. The molecule has 1 aromatic heterocycles. The molecule has 1 amide bonds. The number of rotatable bonds is 2. The number of carbonyl (C=O) groups excluding carboxylic acids is 1. The molecule has 2 aromatic rings. The number of nitrogens with zero attached hydrogens (tertiary/aromatic N) is 2. The van der Waals surface area contributed by atoms with E-state index >= 15 is 0 Å². The summed E-state index contributed by atoms with van der Waals surface area (Å²) in [6.07, 6.45) is 2.81. The first kappa shape index (κ1) is 13.5. The summed E-state index contributed by atoms with van der Waals surface area (Å²) in [6.45, 7) is 0. The highest BCUT2D eigenvalue weighted by atomic mass is 35.5. The number of aromatic nitrogens is 2. The number of nitrogens with one attached hydrogen (secondary N) is 1. The van der Waals surface area contributed by atoms with Gasteiger partial charge in [0, 0.05) is 23.3 Å². The fraction of sp³-hybridized carbons (Fsp3) is 0.286. The van der Waals surface area contributed by atoms with Crippen molar-refractivity contribution in [2.24, 2.45) is 0 Å². The van der Waals surface area contributed by atoms with Gasteiger partial charge in [0.1, 0.15) is 0 Å². The van der Waals surface area contributed by atoms with E-state index in [0.29, 0.717) is 15.7 Å². The molecule has 0 bridgehead atoms. The number of hydrogen-bond donors (Lipinski definition) is 1. The lowest BCUT2D eigenvalue weighted by molar-refractivity contribution is 0.0957. The maximum absolute atomic E-state index is 11.9. The molecule has 0 atom stereocenters. The number of fused-ring (bicyclic) bond motifs is 1. The highest BCUT2D eigenvalue weighted by Crippen LogP contribution is 2.31. The van der Waals surface area contributed by atoms with Crippen LogP contribution in [0.5, 0.6) is 0 Å². The van der Waals surface area contributed by atoms with Crippen molar-refractivity contribution in [2.75, 3.05) is 7.05 Å². The highest BCUT2D eigenvalue weighted by molar-refractivity contribution is 6.35.